The van der Waals surface area contributed by atoms with Gasteiger partial charge >= 0.3 is 5.97 Å². The Labute approximate surface area is 130 Å². The molecule has 0 bridgehead atoms. The highest BCUT2D eigenvalue weighted by Crippen LogP contribution is 2.36. The topological polar surface area (TPSA) is 66.8 Å². The number of amides is 1. The molecule has 0 aromatic heterocycles. The highest BCUT2D eigenvalue weighted by atomic mass is 16.5. The van der Waals surface area contributed by atoms with Gasteiger partial charge in [-0.05, 0) is 25.3 Å². The molecule has 0 unspecified atom stereocenters. The van der Waals surface area contributed by atoms with Crippen LogP contribution in [0.15, 0.2) is 30.3 Å². The predicted octanol–water partition coefficient (Wildman–Crippen LogP) is 2.06. The third kappa shape index (κ3) is 3.47. The van der Waals surface area contributed by atoms with Crippen LogP contribution in [0.1, 0.15) is 31.7 Å². The normalized spacial score (nSPS) is 17.0. The second kappa shape index (κ2) is 7.40. The number of ether oxygens (including phenoxy) is 1. The first-order chi connectivity index (χ1) is 10.6. The third-order valence-electron chi connectivity index (χ3n) is 4.35. The van der Waals surface area contributed by atoms with Crippen molar-refractivity contribution in [1.29, 1.82) is 0 Å². The van der Waals surface area contributed by atoms with Crippen molar-refractivity contribution in [2.45, 2.75) is 31.6 Å². The van der Waals surface area contributed by atoms with E-state index in [-0.39, 0.29) is 18.9 Å². The summed E-state index contributed by atoms with van der Waals surface area (Å²) in [5.41, 5.74) is 0.408. The van der Waals surface area contributed by atoms with Gasteiger partial charge in [0.1, 0.15) is 0 Å². The summed E-state index contributed by atoms with van der Waals surface area (Å²) in [5, 5.41) is 8.87. The summed E-state index contributed by atoms with van der Waals surface area (Å²) in [6.07, 6.45) is 1.25. The molecule has 120 valence electrons. The van der Waals surface area contributed by atoms with E-state index in [9.17, 15) is 9.59 Å². The summed E-state index contributed by atoms with van der Waals surface area (Å²) in [7, 11) is 0. The van der Waals surface area contributed by atoms with Gasteiger partial charge < -0.3 is 14.7 Å². The Balaban J connectivity index is 2.28. The quantitative estimate of drug-likeness (QED) is 0.873. The van der Waals surface area contributed by atoms with Crippen molar-refractivity contribution in [1.82, 2.24) is 4.90 Å². The van der Waals surface area contributed by atoms with Crippen LogP contribution in [0.25, 0.3) is 0 Å². The van der Waals surface area contributed by atoms with Crippen LogP contribution in [-0.2, 0) is 19.7 Å². The van der Waals surface area contributed by atoms with Gasteiger partial charge in [0, 0.05) is 26.3 Å². The first-order valence-corrected chi connectivity index (χ1v) is 7.74. The molecule has 22 heavy (non-hydrogen) atoms. The molecule has 1 aromatic carbocycles. The molecule has 1 fully saturated rings. The van der Waals surface area contributed by atoms with Crippen LogP contribution in [0.2, 0.25) is 0 Å². The molecule has 1 heterocycles. The fourth-order valence-electron chi connectivity index (χ4n) is 3.04. The molecule has 1 saturated heterocycles. The Kier molecular flexibility index (Phi) is 5.55. The number of benzene rings is 1. The number of carboxylic acids is 1. The van der Waals surface area contributed by atoms with Crippen molar-refractivity contribution >= 4 is 11.9 Å². The van der Waals surface area contributed by atoms with Crippen LogP contribution in [0.5, 0.6) is 0 Å². The molecule has 0 saturated carbocycles. The van der Waals surface area contributed by atoms with Gasteiger partial charge in [-0.2, -0.15) is 0 Å². The molecule has 0 spiro atoms. The van der Waals surface area contributed by atoms with Gasteiger partial charge in [-0.25, -0.2) is 0 Å². The molecular weight excluding hydrogens is 282 g/mol. The Morgan fingerprint density at radius 1 is 1.23 bits per heavy atom. The number of hydrogen-bond donors (Lipinski definition) is 1. The molecular formula is C17H23NO4. The minimum Gasteiger partial charge on any atom is -0.481 e. The predicted molar refractivity (Wildman–Crippen MR) is 82.7 cm³/mol. The smallest absolute Gasteiger partial charge is 0.305 e. The van der Waals surface area contributed by atoms with Gasteiger partial charge in [0.25, 0.3) is 0 Å². The first-order valence-electron chi connectivity index (χ1n) is 7.74. The zero-order valence-corrected chi connectivity index (χ0v) is 13.0. The lowest BCUT2D eigenvalue weighted by Crippen LogP contribution is -2.50. The van der Waals surface area contributed by atoms with Gasteiger partial charge in [-0.1, -0.05) is 30.3 Å². The molecule has 0 atom stereocenters. The van der Waals surface area contributed by atoms with Gasteiger partial charge in [0.05, 0.1) is 11.8 Å². The monoisotopic (exact) mass is 305 g/mol. The molecule has 1 N–H and O–H groups in total. The van der Waals surface area contributed by atoms with Crippen LogP contribution >= 0.6 is 0 Å². The van der Waals surface area contributed by atoms with E-state index in [1.165, 1.54) is 0 Å². The number of carbonyl (C=O) groups excluding carboxylic acids is 1. The Bertz CT molecular complexity index is 509. The number of carboxylic acid groups (broad SMARTS) is 1. The highest BCUT2D eigenvalue weighted by molar-refractivity contribution is 5.88. The minimum absolute atomic E-state index is 0.0192. The summed E-state index contributed by atoms with van der Waals surface area (Å²) < 4.78 is 5.44. The van der Waals surface area contributed by atoms with Crippen molar-refractivity contribution in [3.63, 3.8) is 0 Å². The lowest BCUT2D eigenvalue weighted by Gasteiger charge is -2.40. The number of aliphatic carboxylic acids is 1. The van der Waals surface area contributed by atoms with Crippen LogP contribution in [0, 0.1) is 0 Å². The number of carbonyl (C=O) groups is 2. The van der Waals surface area contributed by atoms with E-state index < -0.39 is 11.4 Å². The van der Waals surface area contributed by atoms with Gasteiger partial charge in [-0.15, -0.1) is 0 Å². The molecule has 1 amide bonds. The standard InChI is InChI=1S/C17H23NO4/c1-2-18(11-8-15(19)20)16(21)17(9-12-22-13-10-17)14-6-4-3-5-7-14/h3-7H,2,8-13H2,1H3,(H,19,20). The minimum atomic E-state index is -0.882. The van der Waals surface area contributed by atoms with Crippen molar-refractivity contribution in [2.75, 3.05) is 26.3 Å². The van der Waals surface area contributed by atoms with E-state index in [2.05, 4.69) is 0 Å². The lowest BCUT2D eigenvalue weighted by atomic mass is 9.73. The van der Waals surface area contributed by atoms with E-state index in [0.717, 1.165) is 5.56 Å². The second-order valence-corrected chi connectivity index (χ2v) is 5.59. The number of nitrogens with zero attached hydrogens (tertiary/aromatic N) is 1. The van der Waals surface area contributed by atoms with Crippen LogP contribution in [0.3, 0.4) is 0 Å². The molecule has 1 aromatic rings. The van der Waals surface area contributed by atoms with E-state index in [1.54, 1.807) is 4.90 Å². The Hall–Kier alpha value is -1.88. The van der Waals surface area contributed by atoms with Crippen LogP contribution in [0.4, 0.5) is 0 Å². The third-order valence-corrected chi connectivity index (χ3v) is 4.35. The zero-order valence-electron chi connectivity index (χ0n) is 13.0. The van der Waals surface area contributed by atoms with Crippen LogP contribution < -0.4 is 0 Å². The number of likely N-dealkylation sites (N-methyl/N-ethyl adjacent to an activating group) is 1. The van der Waals surface area contributed by atoms with Crippen molar-refractivity contribution in [2.24, 2.45) is 0 Å². The van der Waals surface area contributed by atoms with Crippen molar-refractivity contribution < 1.29 is 19.4 Å². The van der Waals surface area contributed by atoms with Crippen molar-refractivity contribution in [3.05, 3.63) is 35.9 Å². The largest absolute Gasteiger partial charge is 0.481 e. The molecule has 0 radical (unpaired) electrons. The molecule has 5 nitrogen and oxygen atoms in total. The second-order valence-electron chi connectivity index (χ2n) is 5.59. The van der Waals surface area contributed by atoms with Gasteiger partial charge in [-0.3, -0.25) is 9.59 Å². The van der Waals surface area contributed by atoms with E-state index in [1.807, 2.05) is 37.3 Å². The summed E-state index contributed by atoms with van der Waals surface area (Å²) in [6, 6.07) is 9.77. The fraction of sp³-hybridized carbons (Fsp3) is 0.529. The maximum Gasteiger partial charge on any atom is 0.305 e. The number of hydrogen-bond acceptors (Lipinski definition) is 3. The van der Waals surface area contributed by atoms with E-state index >= 15 is 0 Å². The summed E-state index contributed by atoms with van der Waals surface area (Å²) in [4.78, 5) is 25.6. The highest BCUT2D eigenvalue weighted by Gasteiger charge is 2.43. The summed E-state index contributed by atoms with van der Waals surface area (Å²) >= 11 is 0. The maximum atomic E-state index is 13.1. The van der Waals surface area contributed by atoms with Crippen molar-refractivity contribution in [3.8, 4) is 0 Å². The lowest BCUT2D eigenvalue weighted by molar-refractivity contribution is -0.143. The average Bonchev–Trinajstić information content (AvgIpc) is 2.56. The molecule has 2 rings (SSSR count). The fourth-order valence-corrected chi connectivity index (χ4v) is 3.04. The zero-order chi connectivity index (χ0) is 16.0. The molecule has 5 heteroatoms. The van der Waals surface area contributed by atoms with E-state index in [4.69, 9.17) is 9.84 Å². The SMILES string of the molecule is CCN(CCC(=O)O)C(=O)C1(c2ccccc2)CCOCC1. The number of rotatable bonds is 6. The molecule has 1 aliphatic heterocycles. The first kappa shape index (κ1) is 16.5. The maximum absolute atomic E-state index is 13.1. The average molecular weight is 305 g/mol. The summed E-state index contributed by atoms with van der Waals surface area (Å²) in [5.74, 6) is -0.863. The van der Waals surface area contributed by atoms with E-state index in [0.29, 0.717) is 32.6 Å². The summed E-state index contributed by atoms with van der Waals surface area (Å²) in [6.45, 7) is 3.76. The Morgan fingerprint density at radius 3 is 2.41 bits per heavy atom. The van der Waals surface area contributed by atoms with Gasteiger partial charge in [0.2, 0.25) is 5.91 Å². The molecule has 1 aliphatic rings. The van der Waals surface area contributed by atoms with Crippen LogP contribution in [-0.4, -0.2) is 48.2 Å². The molecule has 0 aliphatic carbocycles. The van der Waals surface area contributed by atoms with Gasteiger partial charge in [0.15, 0.2) is 0 Å². The Morgan fingerprint density at radius 2 is 1.86 bits per heavy atom.